The van der Waals surface area contributed by atoms with Crippen molar-refractivity contribution in [3.05, 3.63) is 24.3 Å². The van der Waals surface area contributed by atoms with Gasteiger partial charge in [-0.25, -0.2) is 4.57 Å². The van der Waals surface area contributed by atoms with Crippen molar-refractivity contribution in [1.29, 1.82) is 0 Å². The van der Waals surface area contributed by atoms with E-state index in [1.807, 2.05) is 21.1 Å². The number of carbonyl (C=O) groups excluding carboxylic acids is 1. The van der Waals surface area contributed by atoms with E-state index in [0.717, 1.165) is 44.9 Å². The molecular weight excluding hydrogens is 888 g/mol. The van der Waals surface area contributed by atoms with Crippen molar-refractivity contribution in [2.75, 3.05) is 40.9 Å². The predicted octanol–water partition coefficient (Wildman–Crippen LogP) is 18.8. The quantitative estimate of drug-likeness (QED) is 0.0243. The minimum absolute atomic E-state index is 0.0751. The highest BCUT2D eigenvalue weighted by Crippen LogP contribution is 2.43. The summed E-state index contributed by atoms with van der Waals surface area (Å²) in [4.78, 5) is 23.4. The summed E-state index contributed by atoms with van der Waals surface area (Å²) in [7, 11) is 1.62. The Bertz CT molecular complexity index is 1190. The molecule has 0 aromatic carbocycles. The first kappa shape index (κ1) is 69.0. The van der Waals surface area contributed by atoms with E-state index in [4.69, 9.17) is 9.05 Å². The Morgan fingerprint density at radius 2 is 0.814 bits per heavy atom. The average Bonchev–Trinajstić information content (AvgIpc) is 3.32. The third kappa shape index (κ3) is 54.7. The summed E-state index contributed by atoms with van der Waals surface area (Å²) in [6.07, 6.45) is 66.7. The Kier molecular flexibility index (Phi) is 52.1. The molecule has 0 aliphatic carbocycles. The lowest BCUT2D eigenvalue weighted by Crippen LogP contribution is -2.46. The smallest absolute Gasteiger partial charge is 0.391 e. The summed E-state index contributed by atoms with van der Waals surface area (Å²) in [6, 6.07) is -0.763. The number of phosphoric ester groups is 1. The standard InChI is InChI=1S/C61H121N2O6P/c1-6-8-10-12-14-16-18-20-22-24-26-28-29-30-31-32-33-35-36-38-40-42-44-46-48-50-52-54-60(64)59(58-69-70(66,67)68-57-56-63(3,4)5)62-61(65)55-53-51-49-47-45-43-41-39-37-34-27-25-23-21-19-17-15-13-11-9-7-2/h19,21,25,27,59-60,64H,6-18,20,22-24,26,28-58H2,1-5H3,(H-,62,65,66,67)/p+1/b21-19-,27-25-. The van der Waals surface area contributed by atoms with E-state index in [9.17, 15) is 19.4 Å². The Morgan fingerprint density at radius 3 is 1.17 bits per heavy atom. The molecule has 0 saturated heterocycles. The number of aliphatic hydroxyl groups is 1. The molecule has 8 nitrogen and oxygen atoms in total. The second-order valence-corrected chi connectivity index (χ2v) is 23.9. The van der Waals surface area contributed by atoms with Crippen LogP contribution in [0.2, 0.25) is 0 Å². The van der Waals surface area contributed by atoms with E-state index in [0.29, 0.717) is 23.9 Å². The normalized spacial score (nSPS) is 14.0. The molecule has 0 fully saturated rings. The van der Waals surface area contributed by atoms with Crippen molar-refractivity contribution in [3.63, 3.8) is 0 Å². The molecule has 0 rings (SSSR count). The van der Waals surface area contributed by atoms with Crippen molar-refractivity contribution < 1.29 is 32.9 Å². The zero-order valence-corrected chi connectivity index (χ0v) is 48.4. The molecule has 0 heterocycles. The number of unbranched alkanes of at least 4 members (excludes halogenated alkanes) is 40. The number of allylic oxidation sites excluding steroid dienone is 4. The van der Waals surface area contributed by atoms with Gasteiger partial charge < -0.3 is 19.8 Å². The number of hydrogen-bond donors (Lipinski definition) is 3. The number of nitrogens with zero attached hydrogens (tertiary/aromatic N) is 1. The van der Waals surface area contributed by atoms with Crippen LogP contribution in [0.5, 0.6) is 0 Å². The molecule has 3 atom stereocenters. The monoisotopic (exact) mass is 1010 g/mol. The van der Waals surface area contributed by atoms with E-state index < -0.39 is 20.0 Å². The molecule has 0 bridgehead atoms. The van der Waals surface area contributed by atoms with Crippen LogP contribution in [0.1, 0.15) is 309 Å². The highest BCUT2D eigenvalue weighted by atomic mass is 31.2. The van der Waals surface area contributed by atoms with E-state index in [2.05, 4.69) is 43.5 Å². The maximum absolute atomic E-state index is 13.0. The topological polar surface area (TPSA) is 105 Å². The van der Waals surface area contributed by atoms with Crippen LogP contribution in [0, 0.1) is 0 Å². The van der Waals surface area contributed by atoms with Gasteiger partial charge in [-0.15, -0.1) is 0 Å². The highest BCUT2D eigenvalue weighted by molar-refractivity contribution is 7.47. The maximum atomic E-state index is 13.0. The first-order chi connectivity index (χ1) is 34.0. The molecule has 416 valence electrons. The summed E-state index contributed by atoms with van der Waals surface area (Å²) in [5.74, 6) is -0.144. The van der Waals surface area contributed by atoms with E-state index in [1.165, 1.54) is 238 Å². The Labute approximate surface area is 436 Å². The van der Waals surface area contributed by atoms with Gasteiger partial charge in [0.2, 0.25) is 5.91 Å². The first-order valence-electron chi connectivity index (χ1n) is 30.7. The van der Waals surface area contributed by atoms with Crippen LogP contribution in [0.25, 0.3) is 0 Å². The van der Waals surface area contributed by atoms with Crippen molar-refractivity contribution in [2.24, 2.45) is 0 Å². The molecule has 0 spiro atoms. The molecule has 0 aromatic heterocycles. The number of nitrogens with one attached hydrogen (secondary N) is 1. The van der Waals surface area contributed by atoms with Gasteiger partial charge in [0.15, 0.2) is 0 Å². The van der Waals surface area contributed by atoms with Gasteiger partial charge >= 0.3 is 7.82 Å². The van der Waals surface area contributed by atoms with Gasteiger partial charge in [-0.3, -0.25) is 13.8 Å². The average molecular weight is 1010 g/mol. The Morgan fingerprint density at radius 1 is 0.486 bits per heavy atom. The highest BCUT2D eigenvalue weighted by Gasteiger charge is 2.28. The lowest BCUT2D eigenvalue weighted by molar-refractivity contribution is -0.870. The Balaban J connectivity index is 4.11. The molecule has 9 heteroatoms. The van der Waals surface area contributed by atoms with Crippen LogP contribution in [-0.2, 0) is 18.4 Å². The van der Waals surface area contributed by atoms with Crippen LogP contribution in [-0.4, -0.2) is 73.4 Å². The summed E-state index contributed by atoms with van der Waals surface area (Å²) in [6.45, 7) is 4.92. The summed E-state index contributed by atoms with van der Waals surface area (Å²) >= 11 is 0. The van der Waals surface area contributed by atoms with Crippen molar-refractivity contribution in [1.82, 2.24) is 5.32 Å². The molecule has 70 heavy (non-hydrogen) atoms. The summed E-state index contributed by atoms with van der Waals surface area (Å²) < 4.78 is 23.8. The van der Waals surface area contributed by atoms with Gasteiger partial charge in [-0.2, -0.15) is 0 Å². The van der Waals surface area contributed by atoms with Crippen molar-refractivity contribution in [3.8, 4) is 0 Å². The molecule has 0 saturated carbocycles. The second kappa shape index (κ2) is 52.8. The SMILES string of the molecule is CCCCCCC/C=C\C/C=C\CCCCCCCCCCCC(=O)NC(COP(=O)(O)OCC[N+](C)(C)C)C(O)CCCCCCCCCCCCCCCCCCCCCCCCCCCCC. The molecule has 0 radical (unpaired) electrons. The summed E-state index contributed by atoms with van der Waals surface area (Å²) in [5, 5.41) is 14.1. The van der Waals surface area contributed by atoms with Gasteiger partial charge in [0.05, 0.1) is 39.9 Å². The van der Waals surface area contributed by atoms with Crippen LogP contribution in [0.3, 0.4) is 0 Å². The van der Waals surface area contributed by atoms with Gasteiger partial charge in [0.25, 0.3) is 0 Å². The number of carbonyl (C=O) groups is 1. The number of amides is 1. The molecular formula is C61H122N2O6P+. The molecule has 0 aromatic rings. The number of hydrogen-bond acceptors (Lipinski definition) is 5. The minimum atomic E-state index is -4.33. The van der Waals surface area contributed by atoms with Crippen LogP contribution < -0.4 is 5.32 Å². The fourth-order valence-electron chi connectivity index (χ4n) is 9.37. The first-order valence-corrected chi connectivity index (χ1v) is 32.2. The molecule has 0 aliphatic heterocycles. The molecule has 3 N–H and O–H groups in total. The van der Waals surface area contributed by atoms with Crippen molar-refractivity contribution >= 4 is 13.7 Å². The number of quaternary nitrogens is 1. The fraction of sp³-hybridized carbons (Fsp3) is 0.918. The lowest BCUT2D eigenvalue weighted by Gasteiger charge is -2.26. The number of likely N-dealkylation sites (N-methyl/N-ethyl adjacent to an activating group) is 1. The summed E-state index contributed by atoms with van der Waals surface area (Å²) in [5.41, 5.74) is 0. The third-order valence-electron chi connectivity index (χ3n) is 14.2. The number of aliphatic hydroxyl groups excluding tert-OH is 1. The number of phosphoric acid groups is 1. The fourth-order valence-corrected chi connectivity index (χ4v) is 10.1. The van der Waals surface area contributed by atoms with Gasteiger partial charge in [0, 0.05) is 6.42 Å². The van der Waals surface area contributed by atoms with Crippen LogP contribution in [0.15, 0.2) is 24.3 Å². The van der Waals surface area contributed by atoms with Gasteiger partial charge in [-0.1, -0.05) is 282 Å². The minimum Gasteiger partial charge on any atom is -0.391 e. The largest absolute Gasteiger partial charge is 0.472 e. The molecule has 3 unspecified atom stereocenters. The zero-order chi connectivity index (χ0) is 51.3. The van der Waals surface area contributed by atoms with E-state index >= 15 is 0 Å². The third-order valence-corrected chi connectivity index (χ3v) is 15.2. The second-order valence-electron chi connectivity index (χ2n) is 22.4. The Hall–Kier alpha value is -1.02. The van der Waals surface area contributed by atoms with Crippen LogP contribution >= 0.6 is 7.82 Å². The number of rotatable bonds is 57. The molecule has 0 aliphatic rings. The van der Waals surface area contributed by atoms with E-state index in [1.54, 1.807) is 0 Å². The van der Waals surface area contributed by atoms with Gasteiger partial charge in [-0.05, 0) is 44.9 Å². The van der Waals surface area contributed by atoms with Gasteiger partial charge in [0.1, 0.15) is 13.2 Å². The predicted molar refractivity (Wildman–Crippen MR) is 305 cm³/mol. The van der Waals surface area contributed by atoms with Crippen LogP contribution in [0.4, 0.5) is 0 Å². The maximum Gasteiger partial charge on any atom is 0.472 e. The zero-order valence-electron chi connectivity index (χ0n) is 47.5. The van der Waals surface area contributed by atoms with Crippen molar-refractivity contribution in [2.45, 2.75) is 321 Å². The van der Waals surface area contributed by atoms with E-state index in [-0.39, 0.29) is 19.1 Å². The lowest BCUT2D eigenvalue weighted by atomic mass is 10.0. The molecule has 1 amide bonds.